The van der Waals surface area contributed by atoms with Gasteiger partial charge in [0.05, 0.1) is 0 Å². The molecule has 0 aromatic heterocycles. The highest BCUT2D eigenvalue weighted by Gasteiger charge is 2.39. The molecule has 7 aliphatic rings. The largest absolute Gasteiger partial charge is 0.488 e. The van der Waals surface area contributed by atoms with Crippen molar-refractivity contribution in [3.8, 4) is 28.7 Å². The van der Waals surface area contributed by atoms with Gasteiger partial charge in [0.2, 0.25) is 0 Å². The van der Waals surface area contributed by atoms with Crippen LogP contribution < -0.4 is 23.7 Å². The lowest BCUT2D eigenvalue weighted by Crippen LogP contribution is -2.26. The summed E-state index contributed by atoms with van der Waals surface area (Å²) in [6.07, 6.45) is 23.6. The molecule has 3 unspecified atom stereocenters. The summed E-state index contributed by atoms with van der Waals surface area (Å²) >= 11 is 0. The van der Waals surface area contributed by atoms with Gasteiger partial charge in [-0.2, -0.15) is 0 Å². The van der Waals surface area contributed by atoms with E-state index in [1.165, 1.54) is 176 Å². The van der Waals surface area contributed by atoms with Gasteiger partial charge in [0.15, 0.2) is 0 Å². The minimum absolute atomic E-state index is 0.128. The fourth-order valence-electron chi connectivity index (χ4n) is 15.8. The molecule has 5 aromatic rings. The van der Waals surface area contributed by atoms with Crippen molar-refractivity contribution in [1.82, 2.24) is 0 Å². The van der Waals surface area contributed by atoms with Gasteiger partial charge >= 0.3 is 0 Å². The Labute approximate surface area is 627 Å². The van der Waals surface area contributed by atoms with Crippen LogP contribution in [0.15, 0.2) is 91.0 Å². The van der Waals surface area contributed by atoms with Crippen LogP contribution in [-0.4, -0.2) is 28.0 Å². The Morgan fingerprint density at radius 1 is 0.206 bits per heavy atom. The van der Waals surface area contributed by atoms with Crippen LogP contribution in [0.5, 0.6) is 28.7 Å². The first kappa shape index (κ1) is 82.7. The Bertz CT molecular complexity index is 3030. The third-order valence-corrected chi connectivity index (χ3v) is 23.6. The molecule has 12 rings (SSSR count). The van der Waals surface area contributed by atoms with Gasteiger partial charge in [-0.1, -0.05) is 200 Å². The van der Waals surface area contributed by atoms with Crippen molar-refractivity contribution in [2.75, 3.05) is 0 Å². The van der Waals surface area contributed by atoms with Crippen LogP contribution in [-0.2, 0) is 0 Å². The minimum atomic E-state index is -0.140. The predicted octanol–water partition coefficient (Wildman–Crippen LogP) is 29.5. The van der Waals surface area contributed by atoms with Gasteiger partial charge in [-0.05, 0) is 350 Å². The molecule has 0 N–H and O–H groups in total. The molecule has 7 saturated carbocycles. The first-order valence-electron chi connectivity index (χ1n) is 41.7. The zero-order chi connectivity index (χ0) is 75.1. The summed E-state index contributed by atoms with van der Waals surface area (Å²) in [4.78, 5) is 0. The van der Waals surface area contributed by atoms with Crippen molar-refractivity contribution in [3.05, 3.63) is 147 Å². The molecule has 5 heteroatoms. The quantitative estimate of drug-likeness (QED) is 0.0691. The normalized spacial score (nSPS) is 19.6. The SMILES string of the molecule is CC(C)c1cccc(C(C)C2CCC2)c1OC(C)(C)C.CC(C)c1cccc([C@@H](C)C2CCC2)c1OC(C)(C)C.CC(C)c1cccc([C@H](C)C2CCC2)c1OC(C)(C)C.CC(c1cccc([C@@H](C)C2CC2)c1OC(C)(C)C)C1CC1.CC(c1cccc([C@H](C)C2CC2)c1OC(C)(C)C)C1CC1. The van der Waals surface area contributed by atoms with Crippen molar-refractivity contribution in [3.63, 3.8) is 0 Å². The number of benzene rings is 5. The Morgan fingerprint density at radius 2 is 0.333 bits per heavy atom. The lowest BCUT2D eigenvalue weighted by molar-refractivity contribution is 0.124. The first-order valence-corrected chi connectivity index (χ1v) is 41.7. The molecule has 0 aliphatic heterocycles. The molecule has 7 aliphatic carbocycles. The second kappa shape index (κ2) is 34.8. The fourth-order valence-corrected chi connectivity index (χ4v) is 15.8. The molecular weight excluding hydrogens is 1250 g/mol. The average Bonchev–Trinajstić information content (AvgIpc) is 1.58. The third-order valence-electron chi connectivity index (χ3n) is 23.6. The van der Waals surface area contributed by atoms with Crippen LogP contribution in [0.4, 0.5) is 0 Å². The van der Waals surface area contributed by atoms with Gasteiger partial charge in [-0.25, -0.2) is 0 Å². The number of ether oxygens (including phenoxy) is 5. The van der Waals surface area contributed by atoms with Crippen LogP contribution in [0, 0.1) is 41.4 Å². The Kier molecular flexibility index (Phi) is 28.2. The highest BCUT2D eigenvalue weighted by atomic mass is 16.5. The molecule has 102 heavy (non-hydrogen) atoms. The Balaban J connectivity index is 0.000000162. The average molecular weight is 1400 g/mol. The van der Waals surface area contributed by atoms with Crippen LogP contribution in [0.25, 0.3) is 0 Å². The lowest BCUT2D eigenvalue weighted by Gasteiger charge is -2.35. The number of hydrogen-bond acceptors (Lipinski definition) is 5. The molecule has 0 bridgehead atoms. The molecule has 7 atom stereocenters. The van der Waals surface area contributed by atoms with Crippen molar-refractivity contribution in [2.45, 2.75) is 390 Å². The third kappa shape index (κ3) is 23.8. The van der Waals surface area contributed by atoms with Gasteiger partial charge in [-0.15, -0.1) is 0 Å². The highest BCUT2D eigenvalue weighted by molar-refractivity contribution is 5.51. The number of para-hydroxylation sites is 5. The minimum Gasteiger partial charge on any atom is -0.488 e. The standard InChI is InChI=1S/2C20H30O.3C19H30O/c2*1-13(15-9-10-15)17-7-6-8-18(14(2)16-11-12-16)19(17)21-20(3,4)5;3*1-13(2)16-11-8-12-17(14(3)15-9-7-10-15)18(16)20-19(4,5)6/h2*6-8,13-16H,9-12H2,1-5H3;3*8,11-15H,7,9-10H2,1-6H3/t2*13-,14?;2*14-;/m1010./s1. The van der Waals surface area contributed by atoms with Crippen molar-refractivity contribution in [2.24, 2.45) is 41.4 Å². The van der Waals surface area contributed by atoms with E-state index in [9.17, 15) is 0 Å². The smallest absolute Gasteiger partial charge is 0.127 e. The molecule has 0 heterocycles. The fraction of sp³-hybridized carbons (Fsp3) is 0.691. The van der Waals surface area contributed by atoms with Crippen LogP contribution in [0.3, 0.4) is 0 Å². The molecule has 0 saturated heterocycles. The summed E-state index contributed by atoms with van der Waals surface area (Å²) in [7, 11) is 0. The van der Waals surface area contributed by atoms with Crippen molar-refractivity contribution >= 4 is 0 Å². The summed E-state index contributed by atoms with van der Waals surface area (Å²) in [6, 6.07) is 33.8. The summed E-state index contributed by atoms with van der Waals surface area (Å²) in [5, 5.41) is 0. The Morgan fingerprint density at radius 3 is 0.441 bits per heavy atom. The number of hydrogen-bond donors (Lipinski definition) is 0. The molecule has 568 valence electrons. The van der Waals surface area contributed by atoms with E-state index in [2.05, 4.69) is 285 Å². The van der Waals surface area contributed by atoms with E-state index in [-0.39, 0.29) is 28.0 Å². The topological polar surface area (TPSA) is 46.2 Å². The molecule has 0 radical (unpaired) electrons. The summed E-state index contributed by atoms with van der Waals surface area (Å²) < 4.78 is 32.0. The number of rotatable bonds is 22. The van der Waals surface area contributed by atoms with Crippen molar-refractivity contribution < 1.29 is 23.7 Å². The van der Waals surface area contributed by atoms with Gasteiger partial charge in [-0.3, -0.25) is 0 Å². The van der Waals surface area contributed by atoms with Crippen LogP contribution in [0.1, 0.15) is 418 Å². The van der Waals surface area contributed by atoms with E-state index < -0.39 is 0 Å². The van der Waals surface area contributed by atoms with Gasteiger partial charge in [0.25, 0.3) is 0 Å². The summed E-state index contributed by atoms with van der Waals surface area (Å²) in [5.41, 5.74) is 13.4. The lowest BCUT2D eigenvalue weighted by atomic mass is 9.73. The Hall–Kier alpha value is -4.90. The van der Waals surface area contributed by atoms with E-state index in [1.807, 2.05) is 0 Å². The van der Waals surface area contributed by atoms with Crippen LogP contribution >= 0.6 is 0 Å². The maximum atomic E-state index is 6.46. The molecule has 0 spiro atoms. The second-order valence-corrected chi connectivity index (χ2v) is 39.3. The molecule has 5 aromatic carbocycles. The molecule has 5 nitrogen and oxygen atoms in total. The predicted molar refractivity (Wildman–Crippen MR) is 438 cm³/mol. The van der Waals surface area contributed by atoms with E-state index in [0.29, 0.717) is 59.2 Å². The highest BCUT2D eigenvalue weighted by Crippen LogP contribution is 2.54. The van der Waals surface area contributed by atoms with Crippen molar-refractivity contribution in [1.29, 1.82) is 0 Å². The summed E-state index contributed by atoms with van der Waals surface area (Å²) in [6.45, 7) is 62.4. The van der Waals surface area contributed by atoms with Gasteiger partial charge in [0.1, 0.15) is 56.8 Å². The van der Waals surface area contributed by atoms with Gasteiger partial charge in [0, 0.05) is 0 Å². The van der Waals surface area contributed by atoms with E-state index in [0.717, 1.165) is 58.7 Å². The first-order chi connectivity index (χ1) is 47.6. The monoisotopic (exact) mass is 1400 g/mol. The van der Waals surface area contributed by atoms with Gasteiger partial charge < -0.3 is 23.7 Å². The summed E-state index contributed by atoms with van der Waals surface area (Å²) in [5.74, 6) is 17.7. The second-order valence-electron chi connectivity index (χ2n) is 39.3. The van der Waals surface area contributed by atoms with E-state index >= 15 is 0 Å². The maximum Gasteiger partial charge on any atom is 0.127 e. The zero-order valence-corrected chi connectivity index (χ0v) is 70.5. The van der Waals surface area contributed by atoms with E-state index in [4.69, 9.17) is 23.7 Å². The zero-order valence-electron chi connectivity index (χ0n) is 70.5. The molecule has 0 amide bonds. The van der Waals surface area contributed by atoms with Crippen LogP contribution in [0.2, 0.25) is 0 Å². The maximum absolute atomic E-state index is 6.46. The van der Waals surface area contributed by atoms with E-state index in [1.54, 1.807) is 0 Å². The molecular formula is C97H150O5. The molecule has 7 fully saturated rings.